The number of nitrogens with zero attached hydrogens (tertiary/aromatic N) is 1. The summed E-state index contributed by atoms with van der Waals surface area (Å²) >= 11 is 0. The van der Waals surface area contributed by atoms with Crippen LogP contribution in [0.25, 0.3) is 11.3 Å². The van der Waals surface area contributed by atoms with E-state index in [2.05, 4.69) is 28.5 Å². The first-order chi connectivity index (χ1) is 12.5. The molecule has 0 saturated carbocycles. The number of H-pyrrole nitrogens is 1. The molecule has 0 bridgehead atoms. The quantitative estimate of drug-likeness (QED) is 0.677. The van der Waals surface area contributed by atoms with Crippen LogP contribution < -0.4 is 5.32 Å². The smallest absolute Gasteiger partial charge is 0.258 e. The Labute approximate surface area is 152 Å². The van der Waals surface area contributed by atoms with Crippen molar-refractivity contribution in [2.75, 3.05) is 5.32 Å². The molecule has 0 atom stereocenters. The zero-order chi connectivity index (χ0) is 18.7. The molecule has 1 heterocycles. The van der Waals surface area contributed by atoms with Gasteiger partial charge in [-0.15, -0.1) is 0 Å². The molecule has 0 aliphatic rings. The van der Waals surface area contributed by atoms with Crippen molar-refractivity contribution in [3.05, 3.63) is 70.7 Å². The minimum absolute atomic E-state index is 0.0164. The highest BCUT2D eigenvalue weighted by molar-refractivity contribution is 6.06. The van der Waals surface area contributed by atoms with Gasteiger partial charge in [-0.1, -0.05) is 49.2 Å². The third-order valence-electron chi connectivity index (χ3n) is 4.34. The molecule has 0 spiro atoms. The first-order valence-corrected chi connectivity index (χ1v) is 8.72. The van der Waals surface area contributed by atoms with Gasteiger partial charge in [0, 0.05) is 5.56 Å². The largest absolute Gasteiger partial charge is 0.318 e. The summed E-state index contributed by atoms with van der Waals surface area (Å²) in [5.41, 5.74) is 5.32. The molecule has 134 valence electrons. The molecule has 0 aliphatic heterocycles. The second kappa shape index (κ2) is 7.52. The standard InChI is InChI=1S/C21H22FN3O/c1-4-7-18-20(23-21(26)16-8-5-6-9-17(16)22)19(25-24-18)15-11-10-13(2)12-14(15)3/h5-6,8-12H,4,7H2,1-3H3,(H,23,26)(H,24,25). The van der Waals surface area contributed by atoms with Gasteiger partial charge in [-0.3, -0.25) is 9.89 Å². The van der Waals surface area contributed by atoms with Gasteiger partial charge in [0.2, 0.25) is 0 Å². The van der Waals surface area contributed by atoms with Crippen molar-refractivity contribution in [3.8, 4) is 11.3 Å². The van der Waals surface area contributed by atoms with Gasteiger partial charge >= 0.3 is 0 Å². The highest BCUT2D eigenvalue weighted by Gasteiger charge is 2.20. The average Bonchev–Trinajstić information content (AvgIpc) is 2.98. The van der Waals surface area contributed by atoms with E-state index >= 15 is 0 Å². The summed E-state index contributed by atoms with van der Waals surface area (Å²) in [6.45, 7) is 6.10. The molecule has 2 aromatic carbocycles. The molecule has 1 aromatic heterocycles. The van der Waals surface area contributed by atoms with Crippen LogP contribution in [0.3, 0.4) is 0 Å². The summed E-state index contributed by atoms with van der Waals surface area (Å²) in [5, 5.41) is 10.3. The van der Waals surface area contributed by atoms with Gasteiger partial charge in [-0.2, -0.15) is 5.10 Å². The Kier molecular flexibility index (Phi) is 5.16. The zero-order valence-electron chi connectivity index (χ0n) is 15.2. The van der Waals surface area contributed by atoms with E-state index in [9.17, 15) is 9.18 Å². The van der Waals surface area contributed by atoms with E-state index in [0.717, 1.165) is 35.2 Å². The minimum atomic E-state index is -0.543. The summed E-state index contributed by atoms with van der Waals surface area (Å²) in [6.07, 6.45) is 1.64. The molecule has 0 radical (unpaired) electrons. The molecule has 3 aromatic rings. The SMILES string of the molecule is CCCc1[nH]nc(-c2ccc(C)cc2C)c1NC(=O)c1ccccc1F. The van der Waals surface area contributed by atoms with Crippen molar-refractivity contribution in [2.24, 2.45) is 0 Å². The second-order valence-electron chi connectivity index (χ2n) is 6.43. The minimum Gasteiger partial charge on any atom is -0.318 e. The highest BCUT2D eigenvalue weighted by Crippen LogP contribution is 2.32. The predicted octanol–water partition coefficient (Wildman–Crippen LogP) is 5.04. The molecule has 5 heteroatoms. The zero-order valence-corrected chi connectivity index (χ0v) is 15.2. The normalized spacial score (nSPS) is 10.8. The number of carbonyl (C=O) groups is 1. The van der Waals surface area contributed by atoms with Crippen LogP contribution in [-0.2, 0) is 6.42 Å². The Morgan fingerprint density at radius 2 is 1.96 bits per heavy atom. The Morgan fingerprint density at radius 3 is 2.65 bits per heavy atom. The maximum atomic E-state index is 14.0. The summed E-state index contributed by atoms with van der Waals surface area (Å²) < 4.78 is 14.0. The molecule has 2 N–H and O–H groups in total. The van der Waals surface area contributed by atoms with Gasteiger partial charge in [0.25, 0.3) is 5.91 Å². The van der Waals surface area contributed by atoms with E-state index in [1.165, 1.54) is 12.1 Å². The van der Waals surface area contributed by atoms with Gasteiger partial charge in [0.1, 0.15) is 11.5 Å². The van der Waals surface area contributed by atoms with Crippen LogP contribution in [0, 0.1) is 19.7 Å². The Hall–Kier alpha value is -2.95. The summed E-state index contributed by atoms with van der Waals surface area (Å²) in [7, 11) is 0. The third kappa shape index (κ3) is 3.52. The number of rotatable bonds is 5. The van der Waals surface area contributed by atoms with Gasteiger partial charge in [-0.25, -0.2) is 4.39 Å². The van der Waals surface area contributed by atoms with Gasteiger partial charge in [0.05, 0.1) is 16.9 Å². The van der Waals surface area contributed by atoms with Crippen LogP contribution in [0.5, 0.6) is 0 Å². The molecule has 0 aliphatic carbocycles. The molecule has 0 unspecified atom stereocenters. The monoisotopic (exact) mass is 351 g/mol. The Bertz CT molecular complexity index is 946. The second-order valence-corrected chi connectivity index (χ2v) is 6.43. The number of aromatic nitrogens is 2. The number of benzene rings is 2. The number of hydrogen-bond acceptors (Lipinski definition) is 2. The molecule has 1 amide bonds. The van der Waals surface area contributed by atoms with Crippen LogP contribution in [-0.4, -0.2) is 16.1 Å². The maximum Gasteiger partial charge on any atom is 0.258 e. The van der Waals surface area contributed by atoms with Crippen LogP contribution in [0.4, 0.5) is 10.1 Å². The van der Waals surface area contributed by atoms with E-state index in [1.54, 1.807) is 12.1 Å². The lowest BCUT2D eigenvalue weighted by Gasteiger charge is -2.11. The molecule has 26 heavy (non-hydrogen) atoms. The molecule has 0 saturated heterocycles. The third-order valence-corrected chi connectivity index (χ3v) is 4.34. The number of hydrogen-bond donors (Lipinski definition) is 2. The topological polar surface area (TPSA) is 57.8 Å². The number of amides is 1. The van der Waals surface area contributed by atoms with Crippen molar-refractivity contribution in [2.45, 2.75) is 33.6 Å². The van der Waals surface area contributed by atoms with Crippen molar-refractivity contribution in [3.63, 3.8) is 0 Å². The first kappa shape index (κ1) is 17.9. The van der Waals surface area contributed by atoms with Crippen molar-refractivity contribution < 1.29 is 9.18 Å². The van der Waals surface area contributed by atoms with Crippen LogP contribution in [0.1, 0.15) is 40.5 Å². The van der Waals surface area contributed by atoms with E-state index in [1.807, 2.05) is 26.0 Å². The molecular formula is C21H22FN3O. The van der Waals surface area contributed by atoms with Crippen LogP contribution in [0.2, 0.25) is 0 Å². The molecular weight excluding hydrogens is 329 g/mol. The van der Waals surface area contributed by atoms with E-state index in [4.69, 9.17) is 0 Å². The number of nitrogens with one attached hydrogen (secondary N) is 2. The van der Waals surface area contributed by atoms with E-state index in [0.29, 0.717) is 11.4 Å². The van der Waals surface area contributed by atoms with Gasteiger partial charge in [-0.05, 0) is 38.0 Å². The van der Waals surface area contributed by atoms with Crippen LogP contribution in [0.15, 0.2) is 42.5 Å². The lowest BCUT2D eigenvalue weighted by Crippen LogP contribution is -2.15. The Morgan fingerprint density at radius 1 is 1.19 bits per heavy atom. The fraction of sp³-hybridized carbons (Fsp3) is 0.238. The molecule has 3 rings (SSSR count). The fourth-order valence-corrected chi connectivity index (χ4v) is 3.04. The number of anilines is 1. The van der Waals surface area contributed by atoms with Crippen LogP contribution >= 0.6 is 0 Å². The lowest BCUT2D eigenvalue weighted by atomic mass is 10.0. The maximum absolute atomic E-state index is 14.0. The Balaban J connectivity index is 2.03. The average molecular weight is 351 g/mol. The highest BCUT2D eigenvalue weighted by atomic mass is 19.1. The molecule has 4 nitrogen and oxygen atoms in total. The predicted molar refractivity (Wildman–Crippen MR) is 102 cm³/mol. The van der Waals surface area contributed by atoms with E-state index in [-0.39, 0.29) is 5.56 Å². The van der Waals surface area contributed by atoms with Crippen molar-refractivity contribution in [1.29, 1.82) is 0 Å². The summed E-state index contributed by atoms with van der Waals surface area (Å²) in [6, 6.07) is 12.0. The number of aromatic amines is 1. The van der Waals surface area contributed by atoms with Crippen molar-refractivity contribution >= 4 is 11.6 Å². The van der Waals surface area contributed by atoms with Crippen molar-refractivity contribution in [1.82, 2.24) is 10.2 Å². The summed E-state index contributed by atoms with van der Waals surface area (Å²) in [5.74, 6) is -1.02. The summed E-state index contributed by atoms with van der Waals surface area (Å²) in [4.78, 5) is 12.6. The molecule has 0 fully saturated rings. The first-order valence-electron chi connectivity index (χ1n) is 8.72. The number of aryl methyl sites for hydroxylation is 3. The van der Waals surface area contributed by atoms with Gasteiger partial charge < -0.3 is 5.32 Å². The number of halogens is 1. The van der Waals surface area contributed by atoms with Gasteiger partial charge in [0.15, 0.2) is 0 Å². The number of carbonyl (C=O) groups excluding carboxylic acids is 1. The lowest BCUT2D eigenvalue weighted by molar-refractivity contribution is 0.102. The van der Waals surface area contributed by atoms with E-state index < -0.39 is 11.7 Å². The fourth-order valence-electron chi connectivity index (χ4n) is 3.04.